The zero-order chi connectivity index (χ0) is 14.5. The van der Waals surface area contributed by atoms with E-state index in [9.17, 15) is 20.0 Å². The molecule has 0 aliphatic heterocycles. The number of aromatic hydroxyl groups is 1. The maximum Gasteiger partial charge on any atom is 0.323 e. The molecule has 2 aromatic rings. The van der Waals surface area contributed by atoms with Gasteiger partial charge in [-0.05, 0) is 18.2 Å². The molecule has 0 atom stereocenters. The highest BCUT2D eigenvalue weighted by molar-refractivity contribution is 6.01. The molecule has 7 heteroatoms. The first kappa shape index (κ1) is 13.3. The standard InChI is InChI=1S/C13H11N3O4/c17-12-10(7-4-8-11(12)16(19)20)15-13(18)14-9-5-2-1-3-6-9/h1-8,17H,(H2,14,15,18). The molecular weight excluding hydrogens is 262 g/mol. The molecule has 0 fully saturated rings. The highest BCUT2D eigenvalue weighted by Crippen LogP contribution is 2.33. The number of hydrogen-bond acceptors (Lipinski definition) is 4. The van der Waals surface area contributed by atoms with Crippen molar-refractivity contribution in [3.8, 4) is 5.75 Å². The lowest BCUT2D eigenvalue weighted by molar-refractivity contribution is -0.385. The van der Waals surface area contributed by atoms with Crippen LogP contribution in [0.2, 0.25) is 0 Å². The van der Waals surface area contributed by atoms with Crippen LogP contribution in [-0.2, 0) is 0 Å². The lowest BCUT2D eigenvalue weighted by Crippen LogP contribution is -2.19. The van der Waals surface area contributed by atoms with E-state index in [1.165, 1.54) is 12.1 Å². The second-order valence-corrected chi connectivity index (χ2v) is 3.88. The van der Waals surface area contributed by atoms with Gasteiger partial charge in [-0.15, -0.1) is 0 Å². The molecule has 2 rings (SSSR count). The Balaban J connectivity index is 2.12. The Labute approximate surface area is 114 Å². The quantitative estimate of drug-likeness (QED) is 0.454. The molecule has 0 aliphatic carbocycles. The summed E-state index contributed by atoms with van der Waals surface area (Å²) < 4.78 is 0. The summed E-state index contributed by atoms with van der Waals surface area (Å²) in [5.74, 6) is -0.583. The lowest BCUT2D eigenvalue weighted by Gasteiger charge is -2.08. The molecular formula is C13H11N3O4. The van der Waals surface area contributed by atoms with Crippen molar-refractivity contribution in [1.82, 2.24) is 0 Å². The minimum absolute atomic E-state index is 0.0346. The predicted molar refractivity (Wildman–Crippen MR) is 73.8 cm³/mol. The van der Waals surface area contributed by atoms with Crippen molar-refractivity contribution in [2.75, 3.05) is 10.6 Å². The number of nitro groups is 1. The van der Waals surface area contributed by atoms with Gasteiger partial charge in [0.15, 0.2) is 0 Å². The second kappa shape index (κ2) is 5.70. The van der Waals surface area contributed by atoms with Crippen LogP contribution in [0.25, 0.3) is 0 Å². The average Bonchev–Trinajstić information content (AvgIpc) is 2.42. The van der Waals surface area contributed by atoms with Gasteiger partial charge in [0.2, 0.25) is 5.75 Å². The number of phenols is 1. The Hall–Kier alpha value is -3.09. The molecule has 0 aliphatic rings. The van der Waals surface area contributed by atoms with Crippen molar-refractivity contribution in [2.24, 2.45) is 0 Å². The summed E-state index contributed by atoms with van der Waals surface area (Å²) in [5.41, 5.74) is 0.0602. The second-order valence-electron chi connectivity index (χ2n) is 3.88. The van der Waals surface area contributed by atoms with E-state index in [4.69, 9.17) is 0 Å². The van der Waals surface area contributed by atoms with Gasteiger partial charge in [0.25, 0.3) is 0 Å². The number of hydrogen-bond donors (Lipinski definition) is 3. The summed E-state index contributed by atoms with van der Waals surface area (Å²) >= 11 is 0. The van der Waals surface area contributed by atoms with E-state index in [0.717, 1.165) is 6.07 Å². The van der Waals surface area contributed by atoms with Gasteiger partial charge in [0, 0.05) is 11.8 Å². The number of carbonyl (C=O) groups is 1. The number of urea groups is 1. The molecule has 0 unspecified atom stereocenters. The predicted octanol–water partition coefficient (Wildman–Crippen LogP) is 2.94. The van der Waals surface area contributed by atoms with Crippen molar-refractivity contribution in [2.45, 2.75) is 0 Å². The van der Waals surface area contributed by atoms with Crippen molar-refractivity contribution < 1.29 is 14.8 Å². The smallest absolute Gasteiger partial charge is 0.323 e. The molecule has 7 nitrogen and oxygen atoms in total. The molecule has 20 heavy (non-hydrogen) atoms. The first-order valence-electron chi connectivity index (χ1n) is 5.67. The number of rotatable bonds is 3. The highest BCUT2D eigenvalue weighted by Gasteiger charge is 2.17. The number of carbonyl (C=O) groups excluding carboxylic acids is 1. The minimum atomic E-state index is -0.727. The van der Waals surface area contributed by atoms with Crippen molar-refractivity contribution in [3.05, 3.63) is 58.6 Å². The van der Waals surface area contributed by atoms with Crippen LogP contribution in [0, 0.1) is 10.1 Å². The Morgan fingerprint density at radius 1 is 1.05 bits per heavy atom. The molecule has 0 saturated carbocycles. The van der Waals surface area contributed by atoms with Gasteiger partial charge < -0.3 is 15.7 Å². The highest BCUT2D eigenvalue weighted by atomic mass is 16.6. The van der Waals surface area contributed by atoms with Gasteiger partial charge >= 0.3 is 11.7 Å². The molecule has 0 radical (unpaired) electrons. The van der Waals surface area contributed by atoms with Crippen LogP contribution < -0.4 is 10.6 Å². The molecule has 3 N–H and O–H groups in total. The summed E-state index contributed by atoms with van der Waals surface area (Å²) in [5, 5.41) is 25.2. The first-order valence-corrected chi connectivity index (χ1v) is 5.67. The maximum atomic E-state index is 11.7. The normalized spacial score (nSPS) is 9.80. The molecule has 2 aromatic carbocycles. The van der Waals surface area contributed by atoms with Crippen molar-refractivity contribution in [3.63, 3.8) is 0 Å². The first-order chi connectivity index (χ1) is 9.58. The van der Waals surface area contributed by atoms with Gasteiger partial charge in [0.1, 0.15) is 0 Å². The van der Waals surface area contributed by atoms with E-state index in [1.54, 1.807) is 30.3 Å². The summed E-state index contributed by atoms with van der Waals surface area (Å²) in [6.45, 7) is 0. The van der Waals surface area contributed by atoms with E-state index in [2.05, 4.69) is 10.6 Å². The third kappa shape index (κ3) is 3.02. The van der Waals surface area contributed by atoms with Crippen LogP contribution in [0.1, 0.15) is 0 Å². The van der Waals surface area contributed by atoms with Gasteiger partial charge in [-0.1, -0.05) is 24.3 Å². The molecule has 102 valence electrons. The monoisotopic (exact) mass is 273 g/mol. The summed E-state index contributed by atoms with van der Waals surface area (Å²) in [6, 6.07) is 12.0. The number of nitrogens with one attached hydrogen (secondary N) is 2. The molecule has 2 amide bonds. The van der Waals surface area contributed by atoms with Crippen molar-refractivity contribution >= 4 is 23.1 Å². The third-order valence-corrected chi connectivity index (χ3v) is 2.49. The number of amides is 2. The molecule has 0 aromatic heterocycles. The van der Waals surface area contributed by atoms with Gasteiger partial charge in [-0.2, -0.15) is 0 Å². The Morgan fingerprint density at radius 3 is 2.40 bits per heavy atom. The van der Waals surface area contributed by atoms with Crippen LogP contribution in [0.15, 0.2) is 48.5 Å². The largest absolute Gasteiger partial charge is 0.501 e. The van der Waals surface area contributed by atoms with Crippen molar-refractivity contribution in [1.29, 1.82) is 0 Å². The lowest BCUT2D eigenvalue weighted by atomic mass is 10.2. The Kier molecular flexibility index (Phi) is 3.80. The summed E-state index contributed by atoms with van der Waals surface area (Å²) in [4.78, 5) is 21.7. The fourth-order valence-corrected chi connectivity index (χ4v) is 1.59. The Morgan fingerprint density at radius 2 is 1.75 bits per heavy atom. The van der Waals surface area contributed by atoms with E-state index in [-0.39, 0.29) is 5.69 Å². The van der Waals surface area contributed by atoms with Crippen LogP contribution in [-0.4, -0.2) is 16.1 Å². The number of anilines is 2. The van der Waals surface area contributed by atoms with E-state index < -0.39 is 22.4 Å². The number of nitro benzene ring substituents is 1. The van der Waals surface area contributed by atoms with E-state index in [1.807, 2.05) is 0 Å². The van der Waals surface area contributed by atoms with Crippen LogP contribution in [0.4, 0.5) is 21.9 Å². The molecule has 0 saturated heterocycles. The van der Waals surface area contributed by atoms with E-state index in [0.29, 0.717) is 5.69 Å². The fraction of sp³-hybridized carbons (Fsp3) is 0. The summed E-state index contributed by atoms with van der Waals surface area (Å²) in [6.07, 6.45) is 0. The summed E-state index contributed by atoms with van der Waals surface area (Å²) in [7, 11) is 0. The zero-order valence-electron chi connectivity index (χ0n) is 10.2. The van der Waals surface area contributed by atoms with Gasteiger partial charge in [0.05, 0.1) is 10.6 Å². The fourth-order valence-electron chi connectivity index (χ4n) is 1.59. The number of para-hydroxylation sites is 2. The Bertz CT molecular complexity index is 643. The topological polar surface area (TPSA) is 104 Å². The van der Waals surface area contributed by atoms with E-state index >= 15 is 0 Å². The number of phenolic OH excluding ortho intramolecular Hbond substituents is 1. The number of benzene rings is 2. The van der Waals surface area contributed by atoms with Crippen LogP contribution >= 0.6 is 0 Å². The van der Waals surface area contributed by atoms with Crippen LogP contribution in [0.3, 0.4) is 0 Å². The maximum absolute atomic E-state index is 11.7. The molecule has 0 spiro atoms. The zero-order valence-corrected chi connectivity index (χ0v) is 10.2. The van der Waals surface area contributed by atoms with Gasteiger partial charge in [-0.3, -0.25) is 10.1 Å². The SMILES string of the molecule is O=C(Nc1ccccc1)Nc1cccc([N+](=O)[O-])c1O. The van der Waals surface area contributed by atoms with Gasteiger partial charge in [-0.25, -0.2) is 4.79 Å². The average molecular weight is 273 g/mol. The minimum Gasteiger partial charge on any atom is -0.501 e. The number of nitrogens with zero attached hydrogens (tertiary/aromatic N) is 1. The molecule has 0 bridgehead atoms. The molecule has 0 heterocycles. The van der Waals surface area contributed by atoms with Crippen LogP contribution in [0.5, 0.6) is 5.75 Å². The third-order valence-electron chi connectivity index (χ3n) is 2.49.